The van der Waals surface area contributed by atoms with Gasteiger partial charge >= 0.3 is 0 Å². The Hall–Kier alpha value is 1.92. The Labute approximate surface area is 423 Å². The molecule has 0 aromatic carbocycles. The molecule has 24 nitrogen and oxygen atoms in total. The van der Waals surface area contributed by atoms with Gasteiger partial charge in [0.2, 0.25) is 5.79 Å². The second-order valence-electron chi connectivity index (χ2n) is 17.0. The Bertz CT molecular complexity index is 1400. The van der Waals surface area contributed by atoms with Crippen molar-refractivity contribution in [3.8, 4) is 0 Å². The molecule has 6 fully saturated rings. The SMILES string of the molecule is CC1O[C@@H](C2(O[C@@H]3OC(CO)C(O)[C@H](O)C3OC3OC(C)[C@@H](O)C(O)[C@@H]3O)O[C@@H]3C([NH-])[C@H](O[C@H]4C(O)C(CO)O[C@H](OC(C)(C)C)C4[NH-])OC(CO)C32)C(O)[C@H](O)C1O.[Ac].[Ac]. The Kier molecular flexibility index (Phi) is 20.1. The van der Waals surface area contributed by atoms with Gasteiger partial charge in [-0.1, -0.05) is 12.1 Å². The van der Waals surface area contributed by atoms with Gasteiger partial charge in [-0.05, 0) is 34.6 Å². The molecule has 26 atom stereocenters. The largest absolute Gasteiger partial charge is 0.668 e. The molecular weight excluding hydrogens is 1250 g/mol. The number of fused-ring (bicyclic) bond motifs is 1. The minimum absolute atomic E-state index is 0. The van der Waals surface area contributed by atoms with Gasteiger partial charge < -0.3 is 120 Å². The summed E-state index contributed by atoms with van der Waals surface area (Å²) >= 11 is 0. The van der Waals surface area contributed by atoms with Crippen LogP contribution in [0.15, 0.2) is 0 Å². The van der Waals surface area contributed by atoms with Crippen LogP contribution in [0.3, 0.4) is 0 Å². The predicted octanol–water partition coefficient (Wildman–Crippen LogP) is -5.93. The summed E-state index contributed by atoms with van der Waals surface area (Å²) < 4.78 is 59.5. The van der Waals surface area contributed by atoms with Crippen molar-refractivity contribution in [2.45, 2.75) is 193 Å². The van der Waals surface area contributed by atoms with Gasteiger partial charge in [0.15, 0.2) is 12.6 Å². The minimum atomic E-state index is -2.47. The van der Waals surface area contributed by atoms with E-state index < -0.39 is 184 Å². The van der Waals surface area contributed by atoms with Crippen molar-refractivity contribution in [1.82, 2.24) is 0 Å². The van der Waals surface area contributed by atoms with Gasteiger partial charge in [0.25, 0.3) is 0 Å². The van der Waals surface area contributed by atoms with Crippen LogP contribution in [0.1, 0.15) is 34.6 Å². The van der Waals surface area contributed by atoms with Crippen molar-refractivity contribution < 1.29 is 197 Å². The average molecular weight is 1310 g/mol. The second kappa shape index (κ2) is 22.1. The number of rotatable bonds is 11. The Morgan fingerprint density at radius 1 is 0.525 bits per heavy atom. The quantitative estimate of drug-likeness (QED) is 0.0916. The van der Waals surface area contributed by atoms with Crippen molar-refractivity contribution in [3.63, 3.8) is 0 Å². The molecule has 0 bridgehead atoms. The van der Waals surface area contributed by atoms with E-state index >= 15 is 0 Å². The Morgan fingerprint density at radius 3 is 1.61 bits per heavy atom. The van der Waals surface area contributed by atoms with E-state index in [0.29, 0.717) is 0 Å². The molecule has 2 radical (unpaired) electrons. The molecule has 0 aliphatic carbocycles. The standard InChI is InChI=1S/C35H60N2O22.2Ac/c1-9-17(41)21(45)24(48)29(50-9)35(59-33-28(23(47)19(43)12(7-39)54-33)56-32-25(49)22(46)18(42)10(2)51-32)14-11(6-38)52-30(15(36)26(14)57-35)55-27-16(37)31(58-34(3,4)5)53-13(8-40)20(27)44;;/h9-33,36-49H,6-8H2,1-5H3;;/q-2;;/t9?,10?,11?,12?,13?,14?,15?,16?,17?,18-,19?,20?,21-,22?,23+,24?,25+,26+,27-,28?,29-,30+,31-,32?,33+,35?;;/m1../s1. The number of aliphatic hydroxyl groups is 12. The first-order valence-corrected chi connectivity index (χ1v) is 19.6. The number of hydrogen-bond donors (Lipinski definition) is 12. The Morgan fingerprint density at radius 2 is 1.03 bits per heavy atom. The van der Waals surface area contributed by atoms with Crippen LogP contribution >= 0.6 is 0 Å². The fourth-order valence-electron chi connectivity index (χ4n) is 8.47. The zero-order chi connectivity index (χ0) is 43.6. The molecule has 26 heteroatoms. The molecule has 0 aromatic heterocycles. The normalized spacial score (nSPS) is 52.9. The summed E-state index contributed by atoms with van der Waals surface area (Å²) in [5.74, 6) is -3.85. The second-order valence-corrected chi connectivity index (χ2v) is 17.0. The minimum Gasteiger partial charge on any atom is -0.668 e. The summed E-state index contributed by atoms with van der Waals surface area (Å²) in [7, 11) is 0. The Balaban J connectivity index is 0.00000410. The third kappa shape index (κ3) is 10.9. The van der Waals surface area contributed by atoms with Crippen LogP contribution in [0.4, 0.5) is 0 Å². The van der Waals surface area contributed by atoms with E-state index in [2.05, 4.69) is 0 Å². The van der Waals surface area contributed by atoms with Crippen LogP contribution in [0, 0.1) is 94.0 Å². The van der Waals surface area contributed by atoms with Crippen molar-refractivity contribution in [3.05, 3.63) is 11.5 Å². The molecule has 6 rings (SSSR count). The number of nitrogens with one attached hydrogen (secondary N) is 2. The van der Waals surface area contributed by atoms with Crippen molar-refractivity contribution in [1.29, 1.82) is 0 Å². The molecule has 6 saturated heterocycles. The van der Waals surface area contributed by atoms with Crippen LogP contribution < -0.4 is 0 Å². The summed E-state index contributed by atoms with van der Waals surface area (Å²) in [6.45, 7) is 5.36. The van der Waals surface area contributed by atoms with Gasteiger partial charge in [0.1, 0.15) is 91.9 Å². The van der Waals surface area contributed by atoms with E-state index in [1.807, 2.05) is 0 Å². The molecule has 61 heavy (non-hydrogen) atoms. The van der Waals surface area contributed by atoms with Crippen molar-refractivity contribution in [2.75, 3.05) is 19.8 Å². The van der Waals surface area contributed by atoms with Crippen LogP contribution in [0.2, 0.25) is 0 Å². The molecule has 0 amide bonds. The molecule has 0 spiro atoms. The molecule has 6 aliphatic rings. The maximum atomic E-state index is 11.4. The topological polar surface area (TPSA) is 383 Å². The predicted molar refractivity (Wildman–Crippen MR) is 189 cm³/mol. The van der Waals surface area contributed by atoms with Crippen LogP contribution in [-0.4, -0.2) is 240 Å². The summed E-state index contributed by atoms with van der Waals surface area (Å²) in [5, 5.41) is 128. The molecule has 6 aliphatic heterocycles. The van der Waals surface area contributed by atoms with Gasteiger partial charge in [-0.3, -0.25) is 0 Å². The third-order valence-corrected chi connectivity index (χ3v) is 11.8. The average Bonchev–Trinajstić information content (AvgIpc) is 3.18. The monoisotopic (exact) mass is 1310 g/mol. The van der Waals surface area contributed by atoms with E-state index in [1.165, 1.54) is 13.8 Å². The fourth-order valence-corrected chi connectivity index (χ4v) is 8.47. The molecule has 0 saturated carbocycles. The molecule has 14 N–H and O–H groups in total. The summed E-state index contributed by atoms with van der Waals surface area (Å²) in [5.41, 5.74) is 17.2. The van der Waals surface area contributed by atoms with Crippen LogP contribution in [-0.2, 0) is 47.4 Å². The number of ether oxygens (including phenoxy) is 10. The van der Waals surface area contributed by atoms with Crippen LogP contribution in [0.5, 0.6) is 0 Å². The van der Waals surface area contributed by atoms with E-state index in [0.717, 1.165) is 0 Å². The smallest absolute Gasteiger partial charge is 0.208 e. The molecule has 350 valence electrons. The van der Waals surface area contributed by atoms with E-state index in [4.69, 9.17) is 53.1 Å². The fraction of sp³-hybridized carbons (Fsp3) is 1.00. The first-order valence-electron chi connectivity index (χ1n) is 19.6. The molecule has 6 heterocycles. The first kappa shape index (κ1) is 55.5. The maximum absolute atomic E-state index is 11.4. The van der Waals surface area contributed by atoms with E-state index in [1.54, 1.807) is 20.8 Å². The molecule has 0 aromatic rings. The zero-order valence-electron chi connectivity index (χ0n) is 34.2. The first-order chi connectivity index (χ1) is 27.6. The molecular formula is C35H60Ac2N2O22-2. The van der Waals surface area contributed by atoms with Gasteiger partial charge in [-0.2, -0.15) is 0 Å². The van der Waals surface area contributed by atoms with Gasteiger partial charge in [-0.15, -0.1) is 0 Å². The van der Waals surface area contributed by atoms with E-state index in [-0.39, 0.29) is 88.1 Å². The van der Waals surface area contributed by atoms with Gasteiger partial charge in [0.05, 0.1) is 61.9 Å². The third-order valence-electron chi connectivity index (χ3n) is 11.8. The summed E-state index contributed by atoms with van der Waals surface area (Å²) in [6, 6.07) is -3.04. The summed E-state index contributed by atoms with van der Waals surface area (Å²) in [4.78, 5) is 0. The van der Waals surface area contributed by atoms with Crippen LogP contribution in [0.25, 0.3) is 11.5 Å². The number of hydrogen-bond acceptors (Lipinski definition) is 22. The summed E-state index contributed by atoms with van der Waals surface area (Å²) in [6.07, 6.45) is -36.3. The van der Waals surface area contributed by atoms with Crippen molar-refractivity contribution in [2.24, 2.45) is 5.92 Å². The number of aliphatic hydroxyl groups excluding tert-OH is 12. The van der Waals surface area contributed by atoms with E-state index in [9.17, 15) is 67.0 Å². The van der Waals surface area contributed by atoms with Crippen molar-refractivity contribution >= 4 is 0 Å². The zero-order valence-corrected chi connectivity index (χ0v) is 43.6. The van der Waals surface area contributed by atoms with Gasteiger partial charge in [0, 0.05) is 88.1 Å². The van der Waals surface area contributed by atoms with Gasteiger partial charge in [-0.25, -0.2) is 0 Å². The molecule has 16 unspecified atom stereocenters. The maximum Gasteiger partial charge on any atom is 0.208 e.